The molecule has 6 saturated carbocycles. The minimum absolute atomic E-state index is 0.00956. The summed E-state index contributed by atoms with van der Waals surface area (Å²) in [7, 11) is 0. The summed E-state index contributed by atoms with van der Waals surface area (Å²) in [5.74, 6) is 2.66. The van der Waals surface area contributed by atoms with Crippen molar-refractivity contribution in [2.75, 3.05) is 0 Å². The molecule has 2 bridgehead atoms. The van der Waals surface area contributed by atoms with Crippen molar-refractivity contribution < 1.29 is 38.1 Å². The summed E-state index contributed by atoms with van der Waals surface area (Å²) in [5, 5.41) is 0. The Bertz CT molecular complexity index is 1090. The van der Waals surface area contributed by atoms with E-state index in [4.69, 9.17) is 18.9 Å². The number of carbonyl (C=O) groups is 4. The molecule has 0 amide bonds. The summed E-state index contributed by atoms with van der Waals surface area (Å²) < 4.78 is 23.6. The van der Waals surface area contributed by atoms with Gasteiger partial charge < -0.3 is 18.9 Å². The summed E-state index contributed by atoms with van der Waals surface area (Å²) in [4.78, 5) is 48.2. The lowest BCUT2D eigenvalue weighted by Gasteiger charge is -2.64. The van der Waals surface area contributed by atoms with E-state index in [1.165, 1.54) is 19.3 Å². The molecule has 0 radical (unpaired) electrons. The van der Waals surface area contributed by atoms with Crippen molar-refractivity contribution in [3.05, 3.63) is 0 Å². The fourth-order valence-corrected chi connectivity index (χ4v) is 12.6. The van der Waals surface area contributed by atoms with Gasteiger partial charge in [-0.2, -0.15) is 0 Å². The Morgan fingerprint density at radius 2 is 1.64 bits per heavy atom. The van der Waals surface area contributed by atoms with Crippen molar-refractivity contribution in [3.63, 3.8) is 0 Å². The van der Waals surface area contributed by atoms with E-state index in [0.29, 0.717) is 31.8 Å². The molecule has 14 atom stereocenters. The van der Waals surface area contributed by atoms with Crippen LogP contribution in [0.3, 0.4) is 0 Å². The lowest BCUT2D eigenvalue weighted by atomic mass is 9.43. The van der Waals surface area contributed by atoms with Gasteiger partial charge in [-0.05, 0) is 130 Å². The van der Waals surface area contributed by atoms with E-state index in [1.54, 1.807) is 0 Å². The van der Waals surface area contributed by atoms with E-state index < -0.39 is 0 Å². The molecule has 0 spiro atoms. The molecule has 0 saturated heterocycles. The fraction of sp³-hybridized carbons (Fsp3) is 0.889. The van der Waals surface area contributed by atoms with Gasteiger partial charge in [0.15, 0.2) is 0 Å². The molecule has 6 rings (SSSR count). The van der Waals surface area contributed by atoms with E-state index in [2.05, 4.69) is 27.7 Å². The van der Waals surface area contributed by atoms with Gasteiger partial charge in [0.2, 0.25) is 0 Å². The SMILES string of the molecule is CCC1(OC(=O)CCC(C)C2CCC3C4C(OC=O)CC5CC(OC=O)CCC5(C)C4CC(OC=O)C23C)CC2CCC1C2. The van der Waals surface area contributed by atoms with Crippen LogP contribution >= 0.6 is 0 Å². The summed E-state index contributed by atoms with van der Waals surface area (Å²) >= 11 is 0. The second-order valence-electron chi connectivity index (χ2n) is 16.1. The first-order valence-corrected chi connectivity index (χ1v) is 17.6. The molecule has 6 fully saturated rings. The van der Waals surface area contributed by atoms with Gasteiger partial charge in [0.1, 0.15) is 23.9 Å². The largest absolute Gasteiger partial charge is 0.465 e. The quantitative estimate of drug-likeness (QED) is 0.141. The molecular weight excluding hydrogens is 560 g/mol. The highest BCUT2D eigenvalue weighted by molar-refractivity contribution is 5.70. The molecule has 6 aliphatic carbocycles. The van der Waals surface area contributed by atoms with Crippen LogP contribution in [0.2, 0.25) is 0 Å². The average molecular weight is 615 g/mol. The van der Waals surface area contributed by atoms with Gasteiger partial charge in [-0.15, -0.1) is 0 Å². The number of esters is 1. The first-order valence-electron chi connectivity index (χ1n) is 17.6. The molecule has 8 nitrogen and oxygen atoms in total. The first-order chi connectivity index (χ1) is 21.1. The molecule has 14 unspecified atom stereocenters. The van der Waals surface area contributed by atoms with E-state index >= 15 is 0 Å². The average Bonchev–Trinajstić information content (AvgIpc) is 3.71. The van der Waals surface area contributed by atoms with Crippen molar-refractivity contribution in [2.45, 2.75) is 141 Å². The highest BCUT2D eigenvalue weighted by Crippen LogP contribution is 2.69. The standard InChI is InChI=1S/C36H54O8/c1-5-36(18-23-7-8-24(36)14-23)44-32(40)11-6-22(2)27-9-10-28-33-29(17-31(43-21-39)35(27,28)4)34(3)13-12-26(41-19-37)15-25(34)16-30(33)42-20-38/h19-31,33H,5-18H2,1-4H3. The number of rotatable bonds is 12. The van der Waals surface area contributed by atoms with Gasteiger partial charge in [0.05, 0.1) is 0 Å². The molecule has 0 N–H and O–H groups in total. The molecule has 0 aromatic rings. The Hall–Kier alpha value is -2.12. The molecule has 0 aromatic heterocycles. The van der Waals surface area contributed by atoms with Crippen LogP contribution in [0, 0.1) is 58.2 Å². The minimum atomic E-state index is -0.272. The lowest BCUT2D eigenvalue weighted by molar-refractivity contribution is -0.218. The maximum Gasteiger partial charge on any atom is 0.306 e. The Balaban J connectivity index is 1.19. The normalized spacial score (nSPS) is 47.8. The Labute approximate surface area is 263 Å². The number of hydrogen-bond donors (Lipinski definition) is 0. The van der Waals surface area contributed by atoms with Crippen LogP contribution in [0.25, 0.3) is 0 Å². The summed E-state index contributed by atoms with van der Waals surface area (Å²) in [6.07, 6.45) is 12.3. The van der Waals surface area contributed by atoms with Crippen LogP contribution in [0.5, 0.6) is 0 Å². The predicted molar refractivity (Wildman–Crippen MR) is 162 cm³/mol. The number of hydrogen-bond acceptors (Lipinski definition) is 8. The maximum absolute atomic E-state index is 13.3. The van der Waals surface area contributed by atoms with Crippen LogP contribution in [-0.2, 0) is 38.1 Å². The topological polar surface area (TPSA) is 105 Å². The number of ether oxygens (including phenoxy) is 4. The second kappa shape index (κ2) is 12.2. The molecule has 44 heavy (non-hydrogen) atoms. The highest BCUT2D eigenvalue weighted by Gasteiger charge is 2.67. The van der Waals surface area contributed by atoms with Crippen LogP contribution in [-0.4, -0.2) is 49.3 Å². The van der Waals surface area contributed by atoms with Crippen molar-refractivity contribution in [1.29, 1.82) is 0 Å². The summed E-state index contributed by atoms with van der Waals surface area (Å²) in [6, 6.07) is 0. The Kier molecular flexibility index (Phi) is 8.86. The highest BCUT2D eigenvalue weighted by atomic mass is 16.6. The monoisotopic (exact) mass is 614 g/mol. The smallest absolute Gasteiger partial charge is 0.306 e. The molecule has 0 heterocycles. The maximum atomic E-state index is 13.3. The van der Waals surface area contributed by atoms with E-state index in [-0.39, 0.29) is 76.2 Å². The van der Waals surface area contributed by atoms with Crippen LogP contribution in [0.4, 0.5) is 0 Å². The molecule has 6 aliphatic rings. The minimum Gasteiger partial charge on any atom is -0.465 e. The number of fused-ring (bicyclic) bond motifs is 7. The molecular formula is C36H54O8. The first kappa shape index (κ1) is 31.8. The Morgan fingerprint density at radius 1 is 0.864 bits per heavy atom. The predicted octanol–water partition coefficient (Wildman–Crippen LogP) is 6.42. The Morgan fingerprint density at radius 3 is 2.30 bits per heavy atom. The van der Waals surface area contributed by atoms with Crippen LogP contribution in [0.1, 0.15) is 118 Å². The van der Waals surface area contributed by atoms with Gasteiger partial charge in [-0.25, -0.2) is 0 Å². The summed E-state index contributed by atoms with van der Waals surface area (Å²) in [5.41, 5.74) is -0.535. The number of carbonyl (C=O) groups excluding carboxylic acids is 4. The van der Waals surface area contributed by atoms with Gasteiger partial charge in [-0.1, -0.05) is 27.7 Å². The van der Waals surface area contributed by atoms with Crippen molar-refractivity contribution in [1.82, 2.24) is 0 Å². The van der Waals surface area contributed by atoms with Gasteiger partial charge in [-0.3, -0.25) is 19.2 Å². The van der Waals surface area contributed by atoms with E-state index in [1.807, 2.05) is 0 Å². The molecule has 0 aromatic carbocycles. The molecule has 0 aliphatic heterocycles. The zero-order chi connectivity index (χ0) is 31.3. The third kappa shape index (κ3) is 5.09. The fourth-order valence-electron chi connectivity index (χ4n) is 12.6. The zero-order valence-electron chi connectivity index (χ0n) is 27.2. The van der Waals surface area contributed by atoms with Crippen LogP contribution in [0.15, 0.2) is 0 Å². The van der Waals surface area contributed by atoms with Gasteiger partial charge in [0.25, 0.3) is 19.4 Å². The zero-order valence-corrected chi connectivity index (χ0v) is 27.2. The van der Waals surface area contributed by atoms with E-state index in [9.17, 15) is 19.2 Å². The van der Waals surface area contributed by atoms with Gasteiger partial charge >= 0.3 is 5.97 Å². The summed E-state index contributed by atoms with van der Waals surface area (Å²) in [6.45, 7) is 10.9. The molecule has 8 heteroatoms. The van der Waals surface area contributed by atoms with Gasteiger partial charge in [0, 0.05) is 17.8 Å². The molecule has 246 valence electrons. The van der Waals surface area contributed by atoms with Crippen molar-refractivity contribution >= 4 is 25.4 Å². The van der Waals surface area contributed by atoms with Crippen molar-refractivity contribution in [2.24, 2.45) is 58.2 Å². The third-order valence-electron chi connectivity index (χ3n) is 14.8. The van der Waals surface area contributed by atoms with Crippen LogP contribution < -0.4 is 0 Å². The van der Waals surface area contributed by atoms with Crippen molar-refractivity contribution in [3.8, 4) is 0 Å². The lowest BCUT2D eigenvalue weighted by Crippen LogP contribution is -2.63. The third-order valence-corrected chi connectivity index (χ3v) is 14.8. The van der Waals surface area contributed by atoms with E-state index in [0.717, 1.165) is 70.1 Å². The second-order valence-corrected chi connectivity index (χ2v) is 16.1.